The van der Waals surface area contributed by atoms with Crippen LogP contribution in [-0.4, -0.2) is 12.6 Å². The normalized spacial score (nSPS) is 12.3. The van der Waals surface area contributed by atoms with Crippen molar-refractivity contribution in [3.05, 3.63) is 65.7 Å². The number of nitrogens with two attached hydrogens (primary N) is 1. The minimum Gasteiger partial charge on any atom is -0.494 e. The first kappa shape index (κ1) is 17.1. The van der Waals surface area contributed by atoms with Crippen LogP contribution in [0.5, 0.6) is 11.5 Å². The number of ether oxygens (including phenoxy) is 2. The lowest BCUT2D eigenvalue weighted by Crippen LogP contribution is -2.12. The van der Waals surface area contributed by atoms with E-state index in [1.807, 2.05) is 62.4 Å². The quantitative estimate of drug-likeness (QED) is 0.785. The molecule has 0 radical (unpaired) electrons. The van der Waals surface area contributed by atoms with Crippen molar-refractivity contribution < 1.29 is 9.47 Å². The fraction of sp³-hybridized carbons (Fsp3) is 0.300. The molecule has 0 heterocycles. The van der Waals surface area contributed by atoms with Crippen molar-refractivity contribution >= 4 is 6.08 Å². The molecule has 0 aliphatic carbocycles. The van der Waals surface area contributed by atoms with Gasteiger partial charge in [0.2, 0.25) is 0 Å². The Labute approximate surface area is 138 Å². The molecule has 2 rings (SSSR count). The van der Waals surface area contributed by atoms with Crippen LogP contribution in [0.3, 0.4) is 0 Å². The Morgan fingerprint density at radius 2 is 1.57 bits per heavy atom. The van der Waals surface area contributed by atoms with Crippen LogP contribution in [-0.2, 0) is 6.61 Å². The van der Waals surface area contributed by atoms with Crippen molar-refractivity contribution in [2.45, 2.75) is 32.9 Å². The van der Waals surface area contributed by atoms with Crippen LogP contribution in [0.4, 0.5) is 0 Å². The molecule has 0 saturated carbocycles. The second-order valence-corrected chi connectivity index (χ2v) is 5.55. The SMILES string of the molecule is CCOc1ccc(COc2ccc(C=CCC(C)N)cc2)cc1. The molecule has 0 bridgehead atoms. The lowest BCUT2D eigenvalue weighted by Gasteiger charge is -2.08. The molecular formula is C20H25NO2. The van der Waals surface area contributed by atoms with Crippen LogP contribution < -0.4 is 15.2 Å². The van der Waals surface area contributed by atoms with E-state index in [0.29, 0.717) is 13.2 Å². The van der Waals surface area contributed by atoms with E-state index in [2.05, 4.69) is 12.2 Å². The van der Waals surface area contributed by atoms with Crippen LogP contribution >= 0.6 is 0 Å². The Hall–Kier alpha value is -2.26. The summed E-state index contributed by atoms with van der Waals surface area (Å²) in [6.45, 7) is 5.21. The molecule has 0 amide bonds. The van der Waals surface area contributed by atoms with Crippen molar-refractivity contribution in [2.24, 2.45) is 5.73 Å². The van der Waals surface area contributed by atoms with Gasteiger partial charge in [0.1, 0.15) is 18.1 Å². The minimum absolute atomic E-state index is 0.197. The lowest BCUT2D eigenvalue weighted by molar-refractivity contribution is 0.305. The zero-order valence-electron chi connectivity index (χ0n) is 13.9. The molecule has 0 aromatic heterocycles. The topological polar surface area (TPSA) is 44.5 Å². The summed E-state index contributed by atoms with van der Waals surface area (Å²) in [4.78, 5) is 0. The molecule has 2 aromatic rings. The van der Waals surface area contributed by atoms with Crippen molar-refractivity contribution in [3.63, 3.8) is 0 Å². The van der Waals surface area contributed by atoms with Gasteiger partial charge in [-0.25, -0.2) is 0 Å². The molecule has 0 fully saturated rings. The molecule has 0 aliphatic heterocycles. The summed E-state index contributed by atoms with van der Waals surface area (Å²) in [5.74, 6) is 1.75. The standard InChI is InChI=1S/C20H25NO2/c1-3-22-19-13-9-18(10-14-19)15-23-20-11-7-17(8-12-20)6-4-5-16(2)21/h4,6-14,16H,3,5,15,21H2,1-2H3. The van der Waals surface area contributed by atoms with Gasteiger partial charge in [-0.1, -0.05) is 36.4 Å². The molecular weight excluding hydrogens is 286 g/mol. The third-order valence-electron chi connectivity index (χ3n) is 3.34. The van der Waals surface area contributed by atoms with E-state index in [4.69, 9.17) is 15.2 Å². The predicted molar refractivity (Wildman–Crippen MR) is 95.7 cm³/mol. The fourth-order valence-corrected chi connectivity index (χ4v) is 2.11. The Balaban J connectivity index is 1.84. The first-order chi connectivity index (χ1) is 11.2. The highest BCUT2D eigenvalue weighted by molar-refractivity contribution is 5.50. The third-order valence-corrected chi connectivity index (χ3v) is 3.34. The molecule has 0 spiro atoms. The van der Waals surface area contributed by atoms with Gasteiger partial charge in [0, 0.05) is 6.04 Å². The highest BCUT2D eigenvalue weighted by Crippen LogP contribution is 2.17. The van der Waals surface area contributed by atoms with Crippen molar-refractivity contribution in [1.29, 1.82) is 0 Å². The average Bonchev–Trinajstić information content (AvgIpc) is 2.55. The monoisotopic (exact) mass is 311 g/mol. The molecule has 3 nitrogen and oxygen atoms in total. The lowest BCUT2D eigenvalue weighted by atomic mass is 10.1. The van der Waals surface area contributed by atoms with E-state index in [0.717, 1.165) is 29.0 Å². The Kier molecular flexibility index (Phi) is 6.70. The summed E-state index contributed by atoms with van der Waals surface area (Å²) in [5.41, 5.74) is 7.99. The molecule has 3 heteroatoms. The summed E-state index contributed by atoms with van der Waals surface area (Å²) in [6.07, 6.45) is 5.07. The Morgan fingerprint density at radius 1 is 0.957 bits per heavy atom. The van der Waals surface area contributed by atoms with Gasteiger partial charge in [0.05, 0.1) is 6.61 Å². The number of hydrogen-bond donors (Lipinski definition) is 1. The van der Waals surface area contributed by atoms with Gasteiger partial charge in [-0.15, -0.1) is 0 Å². The van der Waals surface area contributed by atoms with Crippen molar-refractivity contribution in [1.82, 2.24) is 0 Å². The second-order valence-electron chi connectivity index (χ2n) is 5.55. The summed E-state index contributed by atoms with van der Waals surface area (Å²) in [5, 5.41) is 0. The first-order valence-electron chi connectivity index (χ1n) is 8.04. The van der Waals surface area contributed by atoms with E-state index in [1.54, 1.807) is 0 Å². The third kappa shape index (κ3) is 6.17. The zero-order chi connectivity index (χ0) is 16.5. The zero-order valence-corrected chi connectivity index (χ0v) is 13.9. The molecule has 122 valence electrons. The van der Waals surface area contributed by atoms with Crippen LogP contribution in [0.2, 0.25) is 0 Å². The highest BCUT2D eigenvalue weighted by Gasteiger charge is 1.98. The van der Waals surface area contributed by atoms with Gasteiger partial charge in [-0.3, -0.25) is 0 Å². The largest absolute Gasteiger partial charge is 0.494 e. The van der Waals surface area contributed by atoms with Gasteiger partial charge in [-0.2, -0.15) is 0 Å². The summed E-state index contributed by atoms with van der Waals surface area (Å²) in [6, 6.07) is 16.2. The summed E-state index contributed by atoms with van der Waals surface area (Å²) >= 11 is 0. The molecule has 0 saturated heterocycles. The molecule has 23 heavy (non-hydrogen) atoms. The fourth-order valence-electron chi connectivity index (χ4n) is 2.11. The van der Waals surface area contributed by atoms with Crippen molar-refractivity contribution in [2.75, 3.05) is 6.61 Å². The molecule has 2 N–H and O–H groups in total. The smallest absolute Gasteiger partial charge is 0.119 e. The van der Waals surface area contributed by atoms with Gasteiger partial charge in [0.25, 0.3) is 0 Å². The van der Waals surface area contributed by atoms with Crippen LogP contribution in [0.1, 0.15) is 31.4 Å². The van der Waals surface area contributed by atoms with E-state index >= 15 is 0 Å². The summed E-state index contributed by atoms with van der Waals surface area (Å²) in [7, 11) is 0. The van der Waals surface area contributed by atoms with Gasteiger partial charge < -0.3 is 15.2 Å². The first-order valence-corrected chi connectivity index (χ1v) is 8.04. The predicted octanol–water partition coefficient (Wildman–Crippen LogP) is 4.41. The highest BCUT2D eigenvalue weighted by atomic mass is 16.5. The van der Waals surface area contributed by atoms with Crippen LogP contribution in [0, 0.1) is 0 Å². The van der Waals surface area contributed by atoms with Gasteiger partial charge in [0.15, 0.2) is 0 Å². The van der Waals surface area contributed by atoms with E-state index in [1.165, 1.54) is 0 Å². The van der Waals surface area contributed by atoms with Gasteiger partial charge >= 0.3 is 0 Å². The van der Waals surface area contributed by atoms with E-state index < -0.39 is 0 Å². The van der Waals surface area contributed by atoms with E-state index in [9.17, 15) is 0 Å². The molecule has 2 aromatic carbocycles. The maximum atomic E-state index is 5.80. The van der Waals surface area contributed by atoms with Crippen molar-refractivity contribution in [3.8, 4) is 11.5 Å². The maximum absolute atomic E-state index is 5.80. The average molecular weight is 311 g/mol. The van der Waals surface area contributed by atoms with Gasteiger partial charge in [-0.05, 0) is 55.7 Å². The number of hydrogen-bond acceptors (Lipinski definition) is 3. The Morgan fingerprint density at radius 3 is 2.17 bits per heavy atom. The Bertz CT molecular complexity index is 601. The van der Waals surface area contributed by atoms with Crippen LogP contribution in [0.25, 0.3) is 6.08 Å². The molecule has 1 atom stereocenters. The molecule has 0 aliphatic rings. The second kappa shape index (κ2) is 9.01. The van der Waals surface area contributed by atoms with Crippen LogP contribution in [0.15, 0.2) is 54.6 Å². The number of rotatable bonds is 8. The maximum Gasteiger partial charge on any atom is 0.119 e. The summed E-state index contributed by atoms with van der Waals surface area (Å²) < 4.78 is 11.2. The number of benzene rings is 2. The van der Waals surface area contributed by atoms with E-state index in [-0.39, 0.29) is 6.04 Å². The minimum atomic E-state index is 0.197. The molecule has 1 unspecified atom stereocenters.